The van der Waals surface area contributed by atoms with E-state index in [0.717, 1.165) is 19.3 Å². The number of allylic oxidation sites excluding steroid dienone is 2. The van der Waals surface area contributed by atoms with Gasteiger partial charge in [-0.15, -0.1) is 0 Å². The van der Waals surface area contributed by atoms with E-state index >= 15 is 0 Å². The highest BCUT2D eigenvalue weighted by atomic mass is 16.5. The van der Waals surface area contributed by atoms with E-state index in [1.807, 2.05) is 19.1 Å². The third kappa shape index (κ3) is 5.12. The zero-order valence-electron chi connectivity index (χ0n) is 8.55. The first kappa shape index (κ1) is 11.8. The first-order valence-corrected chi connectivity index (χ1v) is 4.69. The summed E-state index contributed by atoms with van der Waals surface area (Å²) in [6, 6.07) is 0. The molecule has 74 valence electrons. The smallest absolute Gasteiger partial charge is 0.145 e. The van der Waals surface area contributed by atoms with Gasteiger partial charge in [0.25, 0.3) is 0 Å². The van der Waals surface area contributed by atoms with Crippen molar-refractivity contribution < 1.29 is 4.74 Å². The molecule has 0 aromatic rings. The molecule has 0 fully saturated rings. The lowest BCUT2D eigenvalue weighted by atomic mass is 10.2. The molecule has 0 bridgehead atoms. The van der Waals surface area contributed by atoms with Gasteiger partial charge in [0, 0.05) is 0 Å². The summed E-state index contributed by atoms with van der Waals surface area (Å²) in [5, 5.41) is 0. The van der Waals surface area contributed by atoms with Crippen LogP contribution in [0.15, 0.2) is 36.4 Å². The predicted molar refractivity (Wildman–Crippen MR) is 56.8 cm³/mol. The van der Waals surface area contributed by atoms with Gasteiger partial charge in [0.1, 0.15) is 5.76 Å². The molecule has 0 aliphatic carbocycles. The summed E-state index contributed by atoms with van der Waals surface area (Å²) < 4.78 is 5.17. The van der Waals surface area contributed by atoms with Crippen LogP contribution in [0.2, 0.25) is 0 Å². The quantitative estimate of drug-likeness (QED) is 0.505. The fraction of sp³-hybridized carbons (Fsp3) is 0.455. The van der Waals surface area contributed by atoms with Gasteiger partial charge in [0.05, 0.1) is 12.0 Å². The molecular formula is C11H19NO. The van der Waals surface area contributed by atoms with Crippen LogP contribution in [0.1, 0.15) is 33.1 Å². The van der Waals surface area contributed by atoms with Crippen molar-refractivity contribution in [2.75, 3.05) is 0 Å². The molecule has 0 unspecified atom stereocenters. The maximum atomic E-state index is 5.80. The molecule has 0 rings (SSSR count). The standard InChI is InChI=1S/C11H19NO/c1-4-7-9-10(12)11(8-5-2)13-6-3/h6,8-9H,3-5,7,12H2,1-2H3/b10-9-,11-8-. The molecule has 0 amide bonds. The van der Waals surface area contributed by atoms with Crippen molar-refractivity contribution in [1.82, 2.24) is 0 Å². The normalized spacial score (nSPS) is 12.8. The van der Waals surface area contributed by atoms with Gasteiger partial charge in [0.2, 0.25) is 0 Å². The van der Waals surface area contributed by atoms with E-state index < -0.39 is 0 Å². The van der Waals surface area contributed by atoms with Crippen molar-refractivity contribution in [2.24, 2.45) is 5.73 Å². The SMILES string of the molecule is C=COC(=C\CC)/C(N)=C/CCC. The van der Waals surface area contributed by atoms with Crippen LogP contribution in [0.5, 0.6) is 0 Å². The Morgan fingerprint density at radius 1 is 1.38 bits per heavy atom. The maximum absolute atomic E-state index is 5.80. The number of unbranched alkanes of at least 4 members (excludes halogenated alkanes) is 1. The Morgan fingerprint density at radius 2 is 2.08 bits per heavy atom. The minimum atomic E-state index is 0.698. The van der Waals surface area contributed by atoms with E-state index in [0.29, 0.717) is 11.5 Å². The second kappa shape index (κ2) is 7.47. The number of hydrogen-bond acceptors (Lipinski definition) is 2. The first-order chi connectivity index (χ1) is 6.26. The number of nitrogens with two attached hydrogens (primary N) is 1. The van der Waals surface area contributed by atoms with Crippen LogP contribution in [0.4, 0.5) is 0 Å². The van der Waals surface area contributed by atoms with Gasteiger partial charge < -0.3 is 10.5 Å². The molecule has 0 aromatic heterocycles. The molecule has 0 saturated carbocycles. The lowest BCUT2D eigenvalue weighted by Gasteiger charge is -2.05. The van der Waals surface area contributed by atoms with Crippen molar-refractivity contribution in [1.29, 1.82) is 0 Å². The minimum absolute atomic E-state index is 0.698. The summed E-state index contributed by atoms with van der Waals surface area (Å²) in [7, 11) is 0. The minimum Gasteiger partial charge on any atom is -0.464 e. The number of rotatable bonds is 6. The Hall–Kier alpha value is -1.18. The topological polar surface area (TPSA) is 35.2 Å². The summed E-state index contributed by atoms with van der Waals surface area (Å²) in [6.07, 6.45) is 8.30. The molecule has 13 heavy (non-hydrogen) atoms. The van der Waals surface area contributed by atoms with E-state index in [2.05, 4.69) is 13.5 Å². The van der Waals surface area contributed by atoms with Crippen LogP contribution in [-0.4, -0.2) is 0 Å². The Morgan fingerprint density at radius 3 is 2.54 bits per heavy atom. The van der Waals surface area contributed by atoms with Gasteiger partial charge in [-0.25, -0.2) is 0 Å². The molecule has 0 radical (unpaired) electrons. The fourth-order valence-corrected chi connectivity index (χ4v) is 0.910. The zero-order valence-corrected chi connectivity index (χ0v) is 8.55. The molecular weight excluding hydrogens is 162 g/mol. The van der Waals surface area contributed by atoms with Gasteiger partial charge in [-0.3, -0.25) is 0 Å². The monoisotopic (exact) mass is 181 g/mol. The van der Waals surface area contributed by atoms with Crippen molar-refractivity contribution in [3.05, 3.63) is 36.4 Å². The van der Waals surface area contributed by atoms with Crippen molar-refractivity contribution >= 4 is 0 Å². The molecule has 2 nitrogen and oxygen atoms in total. The van der Waals surface area contributed by atoms with E-state index in [4.69, 9.17) is 10.5 Å². The lowest BCUT2D eigenvalue weighted by Crippen LogP contribution is -2.02. The van der Waals surface area contributed by atoms with Crippen molar-refractivity contribution in [2.45, 2.75) is 33.1 Å². The zero-order chi connectivity index (χ0) is 10.1. The van der Waals surface area contributed by atoms with Crippen molar-refractivity contribution in [3.8, 4) is 0 Å². The highest BCUT2D eigenvalue weighted by Crippen LogP contribution is 2.09. The fourth-order valence-electron chi connectivity index (χ4n) is 0.910. The molecule has 0 aromatic carbocycles. The Kier molecular flexibility index (Phi) is 6.79. The molecule has 0 saturated heterocycles. The first-order valence-electron chi connectivity index (χ1n) is 4.69. The van der Waals surface area contributed by atoms with Crippen LogP contribution in [-0.2, 0) is 4.74 Å². The second-order valence-electron chi connectivity index (χ2n) is 2.71. The molecule has 2 N–H and O–H groups in total. The lowest BCUT2D eigenvalue weighted by molar-refractivity contribution is 0.359. The van der Waals surface area contributed by atoms with Gasteiger partial charge in [-0.1, -0.05) is 32.9 Å². The van der Waals surface area contributed by atoms with Gasteiger partial charge in [0.15, 0.2) is 0 Å². The van der Waals surface area contributed by atoms with Gasteiger partial charge >= 0.3 is 0 Å². The molecule has 0 aliphatic heterocycles. The summed E-state index contributed by atoms with van der Waals surface area (Å²) >= 11 is 0. The average Bonchev–Trinajstić information content (AvgIpc) is 2.14. The van der Waals surface area contributed by atoms with Crippen LogP contribution in [0.3, 0.4) is 0 Å². The summed E-state index contributed by atoms with van der Waals surface area (Å²) in [6.45, 7) is 7.65. The average molecular weight is 181 g/mol. The Balaban J connectivity index is 4.35. The third-order valence-electron chi connectivity index (χ3n) is 1.54. The number of hydrogen-bond donors (Lipinski definition) is 1. The van der Waals surface area contributed by atoms with E-state index in [9.17, 15) is 0 Å². The highest BCUT2D eigenvalue weighted by molar-refractivity contribution is 5.22. The largest absolute Gasteiger partial charge is 0.464 e. The van der Waals surface area contributed by atoms with E-state index in [1.165, 1.54) is 6.26 Å². The van der Waals surface area contributed by atoms with E-state index in [-0.39, 0.29) is 0 Å². The summed E-state index contributed by atoms with van der Waals surface area (Å²) in [5.74, 6) is 0.714. The van der Waals surface area contributed by atoms with Crippen LogP contribution in [0, 0.1) is 0 Å². The molecule has 0 aliphatic rings. The summed E-state index contributed by atoms with van der Waals surface area (Å²) in [4.78, 5) is 0. The van der Waals surface area contributed by atoms with Gasteiger partial charge in [-0.05, 0) is 18.9 Å². The molecule has 0 heterocycles. The molecule has 0 atom stereocenters. The van der Waals surface area contributed by atoms with Crippen LogP contribution in [0.25, 0.3) is 0 Å². The Bertz CT molecular complexity index is 204. The van der Waals surface area contributed by atoms with E-state index in [1.54, 1.807) is 0 Å². The number of ether oxygens (including phenoxy) is 1. The predicted octanol–water partition coefficient (Wildman–Crippen LogP) is 3.08. The van der Waals surface area contributed by atoms with Crippen LogP contribution < -0.4 is 5.73 Å². The maximum Gasteiger partial charge on any atom is 0.145 e. The summed E-state index contributed by atoms with van der Waals surface area (Å²) in [5.41, 5.74) is 6.49. The third-order valence-corrected chi connectivity index (χ3v) is 1.54. The second-order valence-corrected chi connectivity index (χ2v) is 2.71. The van der Waals surface area contributed by atoms with Crippen LogP contribution >= 0.6 is 0 Å². The molecule has 0 spiro atoms. The highest BCUT2D eigenvalue weighted by Gasteiger charge is 1.98. The molecule has 2 heteroatoms. The van der Waals surface area contributed by atoms with Crippen molar-refractivity contribution in [3.63, 3.8) is 0 Å². The Labute approximate surface area is 80.8 Å². The van der Waals surface area contributed by atoms with Gasteiger partial charge in [-0.2, -0.15) is 0 Å².